The molecule has 0 radical (unpaired) electrons. The summed E-state index contributed by atoms with van der Waals surface area (Å²) < 4.78 is 5.69. The molecule has 0 aliphatic carbocycles. The number of carbonyl (C=O) groups is 1. The maximum Gasteiger partial charge on any atom is 0.221 e. The van der Waals surface area contributed by atoms with Crippen molar-refractivity contribution in [3.05, 3.63) is 29.8 Å². The van der Waals surface area contributed by atoms with E-state index in [4.69, 9.17) is 22.7 Å². The van der Waals surface area contributed by atoms with E-state index in [2.05, 4.69) is 5.32 Å². The van der Waals surface area contributed by atoms with Crippen LogP contribution in [-0.2, 0) is 4.79 Å². The fraction of sp³-hybridized carbons (Fsp3) is 0.429. The zero-order valence-corrected chi connectivity index (χ0v) is 12.7. The van der Waals surface area contributed by atoms with Crippen LogP contribution in [0.25, 0.3) is 0 Å². The molecule has 1 rings (SSSR count). The minimum atomic E-state index is 0.0385. The molecule has 0 aliphatic rings. The van der Waals surface area contributed by atoms with Gasteiger partial charge in [-0.05, 0) is 19.2 Å². The fourth-order valence-corrected chi connectivity index (χ4v) is 1.81. The Hall–Kier alpha value is -1.66. The summed E-state index contributed by atoms with van der Waals surface area (Å²) in [5.41, 5.74) is 6.38. The molecule has 20 heavy (non-hydrogen) atoms. The number of likely N-dealkylation sites (N-methyl/N-ethyl adjacent to an activating group) is 1. The van der Waals surface area contributed by atoms with Gasteiger partial charge in [0.2, 0.25) is 5.91 Å². The average molecular weight is 295 g/mol. The molecule has 1 aromatic carbocycles. The predicted molar refractivity (Wildman–Crippen MR) is 84.0 cm³/mol. The number of thiocarbonyl (C=S) groups is 1. The quantitative estimate of drug-likeness (QED) is 0.693. The van der Waals surface area contributed by atoms with Crippen molar-refractivity contribution >= 4 is 23.1 Å². The Morgan fingerprint density at radius 1 is 1.40 bits per heavy atom. The Balaban J connectivity index is 2.37. The molecule has 0 atom stereocenters. The number of nitrogens with one attached hydrogen (secondary N) is 1. The molecule has 0 unspecified atom stereocenters. The lowest BCUT2D eigenvalue weighted by Gasteiger charge is -2.17. The third-order valence-electron chi connectivity index (χ3n) is 2.88. The van der Waals surface area contributed by atoms with Crippen molar-refractivity contribution < 1.29 is 9.53 Å². The third kappa shape index (κ3) is 5.54. The first kappa shape index (κ1) is 16.4. The minimum absolute atomic E-state index is 0.0385. The number of benzene rings is 1. The molecule has 3 N–H and O–H groups in total. The molecule has 0 heterocycles. The van der Waals surface area contributed by atoms with Crippen molar-refractivity contribution in [2.45, 2.75) is 6.42 Å². The van der Waals surface area contributed by atoms with Gasteiger partial charge in [-0.1, -0.05) is 24.4 Å². The summed E-state index contributed by atoms with van der Waals surface area (Å²) in [6.45, 7) is 1.94. The van der Waals surface area contributed by atoms with Crippen molar-refractivity contribution in [2.24, 2.45) is 5.73 Å². The Labute approximate surface area is 125 Å². The first-order chi connectivity index (χ1) is 9.54. The summed E-state index contributed by atoms with van der Waals surface area (Å²) in [6.07, 6.45) is 0.483. The van der Waals surface area contributed by atoms with Gasteiger partial charge in [0, 0.05) is 26.6 Å². The number of nitrogens with two attached hydrogens (primary N) is 1. The number of para-hydroxylation sites is 1. The maximum absolute atomic E-state index is 11.1. The van der Waals surface area contributed by atoms with Crippen LogP contribution in [0.15, 0.2) is 24.3 Å². The first-order valence-corrected chi connectivity index (χ1v) is 6.86. The highest BCUT2D eigenvalue weighted by molar-refractivity contribution is 7.80. The molecular formula is C14H21N3O2S. The van der Waals surface area contributed by atoms with Crippen LogP contribution in [0.4, 0.5) is 0 Å². The number of ether oxygens (including phenoxy) is 1. The number of hydrogen-bond donors (Lipinski definition) is 2. The van der Waals surface area contributed by atoms with Crippen molar-refractivity contribution in [1.82, 2.24) is 10.2 Å². The van der Waals surface area contributed by atoms with E-state index in [1.807, 2.05) is 36.2 Å². The van der Waals surface area contributed by atoms with Crippen LogP contribution in [-0.4, -0.2) is 49.6 Å². The number of amides is 1. The molecule has 0 saturated heterocycles. The smallest absolute Gasteiger partial charge is 0.221 e. The largest absolute Gasteiger partial charge is 0.492 e. The Morgan fingerprint density at radius 3 is 2.75 bits per heavy atom. The van der Waals surface area contributed by atoms with E-state index in [-0.39, 0.29) is 5.91 Å². The normalized spacial score (nSPS) is 10.3. The number of rotatable bonds is 8. The maximum atomic E-state index is 11.1. The van der Waals surface area contributed by atoms with Crippen molar-refractivity contribution in [2.75, 3.05) is 33.8 Å². The highest BCUT2D eigenvalue weighted by atomic mass is 32.1. The van der Waals surface area contributed by atoms with E-state index in [1.54, 1.807) is 7.05 Å². The van der Waals surface area contributed by atoms with Crippen LogP contribution in [0.3, 0.4) is 0 Å². The monoisotopic (exact) mass is 295 g/mol. The van der Waals surface area contributed by atoms with Crippen LogP contribution in [0.2, 0.25) is 0 Å². The lowest BCUT2D eigenvalue weighted by Crippen LogP contribution is -2.29. The summed E-state index contributed by atoms with van der Waals surface area (Å²) in [5.74, 6) is 0.733. The zero-order chi connectivity index (χ0) is 15.0. The summed E-state index contributed by atoms with van der Waals surface area (Å²) in [4.78, 5) is 13.5. The van der Waals surface area contributed by atoms with Crippen molar-refractivity contribution in [3.8, 4) is 5.75 Å². The van der Waals surface area contributed by atoms with Gasteiger partial charge >= 0.3 is 0 Å². The van der Waals surface area contributed by atoms with E-state index in [0.29, 0.717) is 30.3 Å². The molecular weight excluding hydrogens is 274 g/mol. The highest BCUT2D eigenvalue weighted by Gasteiger charge is 2.06. The molecule has 0 spiro atoms. The van der Waals surface area contributed by atoms with Crippen LogP contribution >= 0.6 is 12.2 Å². The molecule has 0 saturated carbocycles. The zero-order valence-electron chi connectivity index (χ0n) is 11.9. The van der Waals surface area contributed by atoms with Crippen LogP contribution < -0.4 is 15.8 Å². The third-order valence-corrected chi connectivity index (χ3v) is 3.10. The summed E-state index contributed by atoms with van der Waals surface area (Å²) in [7, 11) is 3.59. The van der Waals surface area contributed by atoms with E-state index in [9.17, 15) is 4.79 Å². The SMILES string of the molecule is CNC(=O)CCN(C)CCOc1ccccc1C(N)=S. The number of hydrogen-bond acceptors (Lipinski definition) is 4. The van der Waals surface area contributed by atoms with Crippen LogP contribution in [0.1, 0.15) is 12.0 Å². The van der Waals surface area contributed by atoms with Crippen LogP contribution in [0, 0.1) is 0 Å². The molecule has 5 nitrogen and oxygen atoms in total. The lowest BCUT2D eigenvalue weighted by molar-refractivity contribution is -0.120. The molecule has 0 aromatic heterocycles. The second-order valence-electron chi connectivity index (χ2n) is 4.44. The Bertz CT molecular complexity index is 465. The molecule has 0 bridgehead atoms. The van der Waals surface area contributed by atoms with Gasteiger partial charge in [0.25, 0.3) is 0 Å². The average Bonchev–Trinajstić information content (AvgIpc) is 2.45. The van der Waals surface area contributed by atoms with Gasteiger partial charge in [0.1, 0.15) is 17.3 Å². The summed E-state index contributed by atoms with van der Waals surface area (Å²) in [5, 5.41) is 2.60. The first-order valence-electron chi connectivity index (χ1n) is 6.45. The van der Waals surface area contributed by atoms with Crippen molar-refractivity contribution in [1.29, 1.82) is 0 Å². The summed E-state index contributed by atoms with van der Waals surface area (Å²) >= 11 is 4.98. The van der Waals surface area contributed by atoms with Crippen molar-refractivity contribution in [3.63, 3.8) is 0 Å². The van der Waals surface area contributed by atoms with E-state index >= 15 is 0 Å². The molecule has 1 aromatic rings. The van der Waals surface area contributed by atoms with Crippen LogP contribution in [0.5, 0.6) is 5.75 Å². The lowest BCUT2D eigenvalue weighted by atomic mass is 10.2. The molecule has 0 fully saturated rings. The van der Waals surface area contributed by atoms with Gasteiger partial charge in [-0.3, -0.25) is 4.79 Å². The van der Waals surface area contributed by atoms with E-state index < -0.39 is 0 Å². The minimum Gasteiger partial charge on any atom is -0.492 e. The van der Waals surface area contributed by atoms with Gasteiger partial charge in [-0.2, -0.15) is 0 Å². The molecule has 0 aliphatic heterocycles. The number of carbonyl (C=O) groups excluding carboxylic acids is 1. The predicted octanol–water partition coefficient (Wildman–Crippen LogP) is 0.768. The Kier molecular flexibility index (Phi) is 6.97. The highest BCUT2D eigenvalue weighted by Crippen LogP contribution is 2.17. The second kappa shape index (κ2) is 8.50. The van der Waals surface area contributed by atoms with E-state index in [1.165, 1.54) is 0 Å². The van der Waals surface area contributed by atoms with Gasteiger partial charge < -0.3 is 20.7 Å². The van der Waals surface area contributed by atoms with E-state index in [0.717, 1.165) is 12.1 Å². The standard InChI is InChI=1S/C14H21N3O2S/c1-16-13(18)7-8-17(2)9-10-19-12-6-4-3-5-11(12)14(15)20/h3-6H,7-10H2,1-2H3,(H2,15,20)(H,16,18). The summed E-state index contributed by atoms with van der Waals surface area (Å²) in [6, 6.07) is 7.44. The second-order valence-corrected chi connectivity index (χ2v) is 4.88. The Morgan fingerprint density at radius 2 is 2.10 bits per heavy atom. The molecule has 6 heteroatoms. The number of nitrogens with zero attached hydrogens (tertiary/aromatic N) is 1. The van der Waals surface area contributed by atoms with Gasteiger partial charge in [0.05, 0.1) is 5.56 Å². The topological polar surface area (TPSA) is 67.6 Å². The van der Waals surface area contributed by atoms with Gasteiger partial charge in [-0.25, -0.2) is 0 Å². The van der Waals surface area contributed by atoms with Gasteiger partial charge in [0.15, 0.2) is 0 Å². The fourth-order valence-electron chi connectivity index (χ4n) is 1.64. The molecule has 110 valence electrons. The van der Waals surface area contributed by atoms with Gasteiger partial charge in [-0.15, -0.1) is 0 Å². The molecule has 1 amide bonds.